The molecule has 0 radical (unpaired) electrons. The third-order valence-electron chi connectivity index (χ3n) is 9.67. The Morgan fingerprint density at radius 1 is 0.470 bits per heavy atom. The van der Waals surface area contributed by atoms with E-state index in [0.29, 0.717) is 23.9 Å². The number of unbranched alkanes of at least 4 members (excludes halogenated alkanes) is 7. The lowest BCUT2D eigenvalue weighted by Gasteiger charge is -2.28. The molecule has 9 nitrogen and oxygen atoms in total. The summed E-state index contributed by atoms with van der Waals surface area (Å²) in [4.78, 5) is 37.7. The summed E-state index contributed by atoms with van der Waals surface area (Å²) in [6.45, 7) is 3.89. The number of nitrogens with zero attached hydrogens (tertiary/aromatic N) is 1. The molecule has 0 heterocycles. The Kier molecular flexibility index (Phi) is 43.6. The van der Waals surface area contributed by atoms with Gasteiger partial charge in [0.25, 0.3) is 7.82 Å². The van der Waals surface area contributed by atoms with Gasteiger partial charge in [0.05, 0.1) is 27.7 Å². The second kappa shape index (κ2) is 46.3. The zero-order valence-corrected chi connectivity index (χ0v) is 42.7. The van der Waals surface area contributed by atoms with Crippen LogP contribution in [0, 0.1) is 0 Å². The maximum atomic E-state index is 12.7. The summed E-state index contributed by atoms with van der Waals surface area (Å²) in [5.74, 6) is -0.921. The first kappa shape index (κ1) is 62.1. The number of hydrogen-bond donors (Lipinski definition) is 0. The number of carbonyl (C=O) groups excluding carboxylic acids is 2. The summed E-state index contributed by atoms with van der Waals surface area (Å²) in [5.41, 5.74) is 0. The molecule has 2 unspecified atom stereocenters. The van der Waals surface area contributed by atoms with Gasteiger partial charge in [0.15, 0.2) is 6.10 Å². The van der Waals surface area contributed by atoms with Crippen molar-refractivity contribution in [2.24, 2.45) is 0 Å². The predicted octanol–water partition coefficient (Wildman–Crippen LogP) is 14.4. The second-order valence-corrected chi connectivity index (χ2v) is 18.5. The van der Waals surface area contributed by atoms with Crippen molar-refractivity contribution in [3.63, 3.8) is 0 Å². The summed E-state index contributed by atoms with van der Waals surface area (Å²) in [6, 6.07) is 0. The number of esters is 2. The van der Waals surface area contributed by atoms with Crippen LogP contribution in [0.4, 0.5) is 0 Å². The average Bonchev–Trinajstić information content (AvgIpc) is 3.27. The van der Waals surface area contributed by atoms with Crippen LogP contribution in [0.1, 0.15) is 155 Å². The van der Waals surface area contributed by atoms with Crippen molar-refractivity contribution < 1.29 is 42.1 Å². The van der Waals surface area contributed by atoms with Crippen LogP contribution in [-0.4, -0.2) is 70.0 Å². The molecule has 0 spiro atoms. The minimum atomic E-state index is -4.66. The van der Waals surface area contributed by atoms with Gasteiger partial charge in [-0.15, -0.1) is 0 Å². The van der Waals surface area contributed by atoms with Crippen molar-refractivity contribution in [3.05, 3.63) is 134 Å². The van der Waals surface area contributed by atoms with Crippen LogP contribution in [0.5, 0.6) is 0 Å². The largest absolute Gasteiger partial charge is 0.756 e. The summed E-state index contributed by atoms with van der Waals surface area (Å²) < 4.78 is 33.9. The molecule has 0 rings (SSSR count). The van der Waals surface area contributed by atoms with Crippen LogP contribution in [0.15, 0.2) is 134 Å². The summed E-state index contributed by atoms with van der Waals surface area (Å²) in [7, 11) is 1.10. The first-order valence-electron chi connectivity index (χ1n) is 24.9. The van der Waals surface area contributed by atoms with Crippen LogP contribution in [-0.2, 0) is 32.7 Å². The van der Waals surface area contributed by atoms with E-state index in [9.17, 15) is 19.0 Å². The molecule has 10 heteroatoms. The van der Waals surface area contributed by atoms with Gasteiger partial charge in [-0.05, 0) is 109 Å². The molecule has 0 saturated carbocycles. The van der Waals surface area contributed by atoms with E-state index in [1.54, 1.807) is 0 Å². The quantitative estimate of drug-likeness (QED) is 0.0195. The number of carbonyl (C=O) groups is 2. The molecule has 66 heavy (non-hydrogen) atoms. The van der Waals surface area contributed by atoms with Crippen molar-refractivity contribution >= 4 is 19.8 Å². The van der Waals surface area contributed by atoms with Gasteiger partial charge in [0, 0.05) is 12.8 Å². The lowest BCUT2D eigenvalue weighted by molar-refractivity contribution is -0.870. The average molecular weight is 936 g/mol. The van der Waals surface area contributed by atoms with E-state index in [1.807, 2.05) is 21.1 Å². The topological polar surface area (TPSA) is 111 Å². The molecule has 0 aliphatic carbocycles. The number of phosphoric acid groups is 1. The molecular weight excluding hydrogens is 846 g/mol. The number of quaternary nitrogens is 1. The third kappa shape index (κ3) is 49.6. The summed E-state index contributed by atoms with van der Waals surface area (Å²) in [6.07, 6.45) is 66.3. The molecule has 0 saturated heterocycles. The van der Waals surface area contributed by atoms with E-state index >= 15 is 0 Å². The van der Waals surface area contributed by atoms with E-state index in [1.165, 1.54) is 0 Å². The van der Waals surface area contributed by atoms with Crippen molar-refractivity contribution in [1.82, 2.24) is 0 Å². The summed E-state index contributed by atoms with van der Waals surface area (Å²) >= 11 is 0. The molecule has 0 N–H and O–H groups in total. The molecule has 0 aromatic carbocycles. The molecule has 0 amide bonds. The van der Waals surface area contributed by atoms with Gasteiger partial charge in [0.1, 0.15) is 19.8 Å². The predicted molar refractivity (Wildman–Crippen MR) is 277 cm³/mol. The molecule has 0 aromatic rings. The molecule has 0 aliphatic rings. The smallest absolute Gasteiger partial charge is 0.306 e. The van der Waals surface area contributed by atoms with E-state index in [-0.39, 0.29) is 26.1 Å². The van der Waals surface area contributed by atoms with Gasteiger partial charge in [-0.1, -0.05) is 167 Å². The van der Waals surface area contributed by atoms with Crippen LogP contribution in [0.2, 0.25) is 0 Å². The van der Waals surface area contributed by atoms with Crippen LogP contribution >= 0.6 is 7.82 Å². The number of phosphoric ester groups is 1. The Morgan fingerprint density at radius 2 is 0.818 bits per heavy atom. The molecule has 0 bridgehead atoms. The SMILES string of the molecule is CC/C=C\C/C=C\C/C=C\C/C=C\C/C=C\C/C=C\C/C=C\CCCCCCCC(=O)OC(COC(=O)CCCC/C=C\C/C=C\C/C=C\C/C=C\CC)COP(=O)([O-])OCC[N+](C)(C)C. The number of hydrogen-bond acceptors (Lipinski definition) is 8. The van der Waals surface area contributed by atoms with Crippen molar-refractivity contribution in [3.8, 4) is 0 Å². The standard InChI is InChI=1S/C56H90NO8P/c1-6-8-10-12-14-16-18-20-22-23-24-25-26-27-28-29-30-31-32-33-35-37-39-41-43-45-47-49-56(59)65-54(53-64-66(60,61)63-51-50-57(3,4)5)52-62-55(58)48-46-44-42-40-38-36-34-21-19-17-15-13-11-9-7-2/h8-11,14-17,20-22,24-25,27-28,30-31,33-35,38,40,54H,6-7,12-13,18-19,23,26,29,32,36-37,39,41-53H2,1-5H3/b10-8-,11-9-,16-14-,17-15-,22-20-,25-24-,28-27-,31-30-,34-21-,35-33-,40-38-. The van der Waals surface area contributed by atoms with Crippen molar-refractivity contribution in [1.29, 1.82) is 0 Å². The first-order valence-corrected chi connectivity index (χ1v) is 26.4. The molecule has 0 fully saturated rings. The zero-order valence-electron chi connectivity index (χ0n) is 41.8. The fourth-order valence-electron chi connectivity index (χ4n) is 5.86. The maximum Gasteiger partial charge on any atom is 0.306 e. The molecular formula is C56H90NO8P. The van der Waals surface area contributed by atoms with Gasteiger partial charge < -0.3 is 27.9 Å². The second-order valence-electron chi connectivity index (χ2n) is 17.1. The van der Waals surface area contributed by atoms with Crippen molar-refractivity contribution in [2.45, 2.75) is 161 Å². The van der Waals surface area contributed by atoms with E-state index in [2.05, 4.69) is 148 Å². The van der Waals surface area contributed by atoms with Crippen LogP contribution in [0.3, 0.4) is 0 Å². The zero-order chi connectivity index (χ0) is 48.5. The molecule has 2 atom stereocenters. The third-order valence-corrected chi connectivity index (χ3v) is 10.6. The Hall–Kier alpha value is -3.85. The van der Waals surface area contributed by atoms with Gasteiger partial charge >= 0.3 is 11.9 Å². The van der Waals surface area contributed by atoms with E-state index in [4.69, 9.17) is 18.5 Å². The number of allylic oxidation sites excluding steroid dienone is 22. The Labute approximate surface area is 402 Å². The van der Waals surface area contributed by atoms with Gasteiger partial charge in [-0.3, -0.25) is 14.2 Å². The van der Waals surface area contributed by atoms with Crippen LogP contribution < -0.4 is 4.89 Å². The fraction of sp³-hybridized carbons (Fsp3) is 0.571. The molecule has 372 valence electrons. The van der Waals surface area contributed by atoms with E-state index < -0.39 is 32.5 Å². The summed E-state index contributed by atoms with van der Waals surface area (Å²) in [5, 5.41) is 0. The van der Waals surface area contributed by atoms with Gasteiger partial charge in [0.2, 0.25) is 0 Å². The highest BCUT2D eigenvalue weighted by molar-refractivity contribution is 7.45. The Morgan fingerprint density at radius 3 is 1.24 bits per heavy atom. The minimum absolute atomic E-state index is 0.0504. The minimum Gasteiger partial charge on any atom is -0.756 e. The molecule has 0 aromatic heterocycles. The van der Waals surface area contributed by atoms with Gasteiger partial charge in [-0.25, -0.2) is 0 Å². The van der Waals surface area contributed by atoms with Crippen LogP contribution in [0.25, 0.3) is 0 Å². The van der Waals surface area contributed by atoms with Gasteiger partial charge in [-0.2, -0.15) is 0 Å². The number of rotatable bonds is 43. The molecule has 0 aliphatic heterocycles. The van der Waals surface area contributed by atoms with E-state index in [0.717, 1.165) is 116 Å². The van der Waals surface area contributed by atoms with Crippen molar-refractivity contribution in [2.75, 3.05) is 47.5 Å². The highest BCUT2D eigenvalue weighted by atomic mass is 31.2. The highest BCUT2D eigenvalue weighted by Gasteiger charge is 2.21. The Balaban J connectivity index is 4.38. The maximum absolute atomic E-state index is 12.7. The lowest BCUT2D eigenvalue weighted by atomic mass is 10.1. The lowest BCUT2D eigenvalue weighted by Crippen LogP contribution is -2.37. The Bertz CT molecular complexity index is 1570. The monoisotopic (exact) mass is 936 g/mol. The number of likely N-dealkylation sites (N-methyl/N-ethyl adjacent to an activating group) is 1. The number of ether oxygens (including phenoxy) is 2. The highest BCUT2D eigenvalue weighted by Crippen LogP contribution is 2.38. The fourth-order valence-corrected chi connectivity index (χ4v) is 6.59. The first-order chi connectivity index (χ1) is 32.0. The normalized spacial score (nSPS) is 14.6.